The molecule has 1 heterocycles. The molecule has 3 nitrogen and oxygen atoms in total. The van der Waals surface area contributed by atoms with E-state index in [1.807, 2.05) is 6.07 Å². The van der Waals surface area contributed by atoms with Gasteiger partial charge < -0.3 is 5.32 Å². The second kappa shape index (κ2) is 5.25. The molecule has 1 aromatic carbocycles. The maximum Gasteiger partial charge on any atom is 0.151 e. The number of sulfone groups is 1. The van der Waals surface area contributed by atoms with Gasteiger partial charge in [0, 0.05) is 12.1 Å². The van der Waals surface area contributed by atoms with Crippen LogP contribution in [0, 0.1) is 0 Å². The van der Waals surface area contributed by atoms with Gasteiger partial charge >= 0.3 is 0 Å². The molecule has 1 unspecified atom stereocenters. The van der Waals surface area contributed by atoms with E-state index in [9.17, 15) is 8.42 Å². The molecule has 1 saturated carbocycles. The van der Waals surface area contributed by atoms with Crippen molar-refractivity contribution in [1.29, 1.82) is 0 Å². The van der Waals surface area contributed by atoms with Crippen LogP contribution >= 0.6 is 0 Å². The first-order valence-electron chi connectivity index (χ1n) is 7.14. The summed E-state index contributed by atoms with van der Waals surface area (Å²) in [6, 6.07) is 11.3. The summed E-state index contributed by atoms with van der Waals surface area (Å²) >= 11 is 0. The van der Waals surface area contributed by atoms with Crippen LogP contribution < -0.4 is 5.32 Å². The van der Waals surface area contributed by atoms with Crippen molar-refractivity contribution in [2.24, 2.45) is 0 Å². The van der Waals surface area contributed by atoms with Crippen molar-refractivity contribution in [2.75, 3.05) is 11.5 Å². The van der Waals surface area contributed by atoms with Crippen molar-refractivity contribution >= 4 is 9.84 Å². The topological polar surface area (TPSA) is 46.2 Å². The van der Waals surface area contributed by atoms with E-state index in [1.54, 1.807) is 0 Å². The maximum atomic E-state index is 11.6. The van der Waals surface area contributed by atoms with Gasteiger partial charge in [0.25, 0.3) is 0 Å². The molecule has 3 rings (SSSR count). The van der Waals surface area contributed by atoms with Gasteiger partial charge in [-0.05, 0) is 37.2 Å². The van der Waals surface area contributed by atoms with Gasteiger partial charge in [-0.2, -0.15) is 0 Å². The molecule has 104 valence electrons. The van der Waals surface area contributed by atoms with Crippen molar-refractivity contribution < 1.29 is 8.42 Å². The molecule has 0 spiro atoms. The highest BCUT2D eigenvalue weighted by Gasteiger charge is 2.33. The molecule has 1 aromatic rings. The zero-order valence-corrected chi connectivity index (χ0v) is 11.9. The van der Waals surface area contributed by atoms with Crippen LogP contribution in [-0.2, 0) is 9.84 Å². The monoisotopic (exact) mass is 279 g/mol. The number of rotatable bonds is 3. The predicted molar refractivity (Wildman–Crippen MR) is 77.0 cm³/mol. The van der Waals surface area contributed by atoms with Crippen molar-refractivity contribution in [3.8, 4) is 0 Å². The third-order valence-electron chi connectivity index (χ3n) is 4.34. The molecular formula is C15H21NO2S. The fourth-order valence-corrected chi connectivity index (χ4v) is 4.89. The molecule has 0 radical (unpaired) electrons. The lowest BCUT2D eigenvalue weighted by Crippen LogP contribution is -2.49. The summed E-state index contributed by atoms with van der Waals surface area (Å²) in [5.74, 6) is 1.36. The molecule has 1 N–H and O–H groups in total. The Bertz CT molecular complexity index is 520. The second-order valence-corrected chi connectivity index (χ2v) is 8.12. The molecule has 1 atom stereocenters. The lowest BCUT2D eigenvalue weighted by atomic mass is 9.75. The van der Waals surface area contributed by atoms with Crippen molar-refractivity contribution in [2.45, 2.75) is 43.7 Å². The van der Waals surface area contributed by atoms with E-state index in [1.165, 1.54) is 5.56 Å². The predicted octanol–water partition coefficient (Wildman–Crippen LogP) is 2.10. The zero-order chi connectivity index (χ0) is 13.3. The molecule has 0 bridgehead atoms. The van der Waals surface area contributed by atoms with Crippen LogP contribution in [0.3, 0.4) is 0 Å². The Balaban J connectivity index is 1.49. The standard InChI is InChI=1S/C15H21NO2S/c17-19(18)8-4-7-14(11-19)16-15-9-13(10-15)12-5-2-1-3-6-12/h1-3,5-6,13-16H,4,7-11H2. The summed E-state index contributed by atoms with van der Waals surface area (Å²) in [7, 11) is -2.79. The van der Waals surface area contributed by atoms with Gasteiger partial charge in [0.2, 0.25) is 0 Å². The van der Waals surface area contributed by atoms with Crippen LogP contribution in [-0.4, -0.2) is 32.0 Å². The van der Waals surface area contributed by atoms with Crippen LogP contribution in [0.5, 0.6) is 0 Å². The van der Waals surface area contributed by atoms with Gasteiger partial charge in [0.1, 0.15) is 0 Å². The third kappa shape index (κ3) is 3.18. The average Bonchev–Trinajstić information content (AvgIpc) is 2.33. The summed E-state index contributed by atoms with van der Waals surface area (Å²) in [5.41, 5.74) is 1.41. The number of nitrogens with one attached hydrogen (secondary N) is 1. The Kier molecular flexibility index (Phi) is 3.63. The maximum absolute atomic E-state index is 11.6. The summed E-state index contributed by atoms with van der Waals surface area (Å²) in [6.07, 6.45) is 4.10. The second-order valence-electron chi connectivity index (χ2n) is 5.90. The summed E-state index contributed by atoms with van der Waals surface area (Å²) < 4.78 is 23.2. The molecule has 0 aromatic heterocycles. The van der Waals surface area contributed by atoms with Gasteiger partial charge in [-0.15, -0.1) is 0 Å². The Morgan fingerprint density at radius 3 is 2.47 bits per heavy atom. The molecule has 1 aliphatic carbocycles. The third-order valence-corrected chi connectivity index (χ3v) is 6.16. The van der Waals surface area contributed by atoms with Gasteiger partial charge in [-0.1, -0.05) is 30.3 Å². The number of benzene rings is 1. The average molecular weight is 279 g/mol. The van der Waals surface area contributed by atoms with E-state index < -0.39 is 9.84 Å². The Hall–Kier alpha value is -0.870. The smallest absolute Gasteiger partial charge is 0.151 e. The first kappa shape index (κ1) is 13.1. The van der Waals surface area contributed by atoms with E-state index in [0.717, 1.165) is 25.7 Å². The molecule has 2 fully saturated rings. The quantitative estimate of drug-likeness (QED) is 0.921. The Morgan fingerprint density at radius 2 is 1.79 bits per heavy atom. The van der Waals surface area contributed by atoms with E-state index in [0.29, 0.717) is 23.5 Å². The van der Waals surface area contributed by atoms with E-state index >= 15 is 0 Å². The van der Waals surface area contributed by atoms with Gasteiger partial charge in [0.15, 0.2) is 9.84 Å². The van der Waals surface area contributed by atoms with Crippen molar-refractivity contribution in [1.82, 2.24) is 5.32 Å². The van der Waals surface area contributed by atoms with Crippen LogP contribution in [0.2, 0.25) is 0 Å². The molecular weight excluding hydrogens is 258 g/mol. The van der Waals surface area contributed by atoms with Gasteiger partial charge in [-0.3, -0.25) is 0 Å². The molecule has 4 heteroatoms. The number of hydrogen-bond acceptors (Lipinski definition) is 3. The lowest BCUT2D eigenvalue weighted by Gasteiger charge is -2.39. The van der Waals surface area contributed by atoms with Crippen LogP contribution in [0.15, 0.2) is 30.3 Å². The minimum atomic E-state index is -2.79. The Morgan fingerprint density at radius 1 is 1.05 bits per heavy atom. The fraction of sp³-hybridized carbons (Fsp3) is 0.600. The normalized spacial score (nSPS) is 33.6. The van der Waals surface area contributed by atoms with Crippen LogP contribution in [0.1, 0.15) is 37.2 Å². The summed E-state index contributed by atoms with van der Waals surface area (Å²) in [4.78, 5) is 0. The Labute approximate surface area is 115 Å². The molecule has 19 heavy (non-hydrogen) atoms. The van der Waals surface area contributed by atoms with Gasteiger partial charge in [0.05, 0.1) is 11.5 Å². The molecule has 0 amide bonds. The summed E-state index contributed by atoms with van der Waals surface area (Å²) in [5, 5.41) is 3.53. The largest absolute Gasteiger partial charge is 0.310 e. The minimum Gasteiger partial charge on any atom is -0.310 e. The minimum absolute atomic E-state index is 0.181. The van der Waals surface area contributed by atoms with E-state index in [4.69, 9.17) is 0 Å². The summed E-state index contributed by atoms with van der Waals surface area (Å²) in [6.45, 7) is 0. The first-order valence-corrected chi connectivity index (χ1v) is 8.96. The lowest BCUT2D eigenvalue weighted by molar-refractivity contribution is 0.263. The van der Waals surface area contributed by atoms with Crippen LogP contribution in [0.25, 0.3) is 0 Å². The highest BCUT2D eigenvalue weighted by molar-refractivity contribution is 7.91. The molecule has 1 saturated heterocycles. The first-order chi connectivity index (χ1) is 9.12. The highest BCUT2D eigenvalue weighted by atomic mass is 32.2. The van der Waals surface area contributed by atoms with Crippen molar-refractivity contribution in [3.05, 3.63) is 35.9 Å². The van der Waals surface area contributed by atoms with E-state index in [-0.39, 0.29) is 6.04 Å². The van der Waals surface area contributed by atoms with E-state index in [2.05, 4.69) is 29.6 Å². The number of hydrogen-bond donors (Lipinski definition) is 1. The highest BCUT2D eigenvalue weighted by Crippen LogP contribution is 2.37. The molecule has 2 aliphatic rings. The fourth-order valence-electron chi connectivity index (χ4n) is 3.24. The van der Waals surface area contributed by atoms with Gasteiger partial charge in [-0.25, -0.2) is 8.42 Å². The van der Waals surface area contributed by atoms with Crippen LogP contribution in [0.4, 0.5) is 0 Å². The molecule has 1 aliphatic heterocycles. The SMILES string of the molecule is O=S1(=O)CCCC(NC2CC(c3ccccc3)C2)C1. The zero-order valence-electron chi connectivity index (χ0n) is 11.1. The van der Waals surface area contributed by atoms with Crippen molar-refractivity contribution in [3.63, 3.8) is 0 Å².